The standard InChI is InChI=1S/C26H32N2O4/c1-20(23-14-13-21-9-5-6-12-24(21)19-23)27-31-17-7-8-18-32-28-25(15-16-26(29)30)22-10-3-2-4-11-22/h2-4,10-11,13-14,19H,5-9,12,15-18H2,1H3,(H,29,30)/b27-20+,28-25-. The predicted octanol–water partition coefficient (Wildman–Crippen LogP) is 5.37. The summed E-state index contributed by atoms with van der Waals surface area (Å²) in [5.41, 5.74) is 6.45. The van der Waals surface area contributed by atoms with Gasteiger partial charge in [-0.1, -0.05) is 52.8 Å². The third kappa shape index (κ3) is 7.52. The molecular formula is C26H32N2O4. The van der Waals surface area contributed by atoms with Gasteiger partial charge in [-0.2, -0.15) is 0 Å². The van der Waals surface area contributed by atoms with E-state index in [9.17, 15) is 4.79 Å². The summed E-state index contributed by atoms with van der Waals surface area (Å²) in [6, 6.07) is 16.1. The number of hydrogen-bond acceptors (Lipinski definition) is 5. The highest BCUT2D eigenvalue weighted by Crippen LogP contribution is 2.22. The number of nitrogens with zero attached hydrogens (tertiary/aromatic N) is 2. The van der Waals surface area contributed by atoms with E-state index in [1.807, 2.05) is 37.3 Å². The molecule has 2 aromatic carbocycles. The molecule has 6 nitrogen and oxygen atoms in total. The molecule has 0 radical (unpaired) electrons. The number of hydrogen-bond donors (Lipinski definition) is 1. The van der Waals surface area contributed by atoms with Crippen LogP contribution in [-0.2, 0) is 27.3 Å². The zero-order valence-corrected chi connectivity index (χ0v) is 18.8. The van der Waals surface area contributed by atoms with Crippen LogP contribution in [0.3, 0.4) is 0 Å². The Hall–Kier alpha value is -3.15. The Balaban J connectivity index is 1.38. The molecule has 0 aliphatic heterocycles. The number of fused-ring (bicyclic) bond motifs is 1. The fourth-order valence-corrected chi connectivity index (χ4v) is 3.71. The van der Waals surface area contributed by atoms with Crippen molar-refractivity contribution in [2.45, 2.75) is 58.3 Å². The van der Waals surface area contributed by atoms with Crippen LogP contribution in [0.4, 0.5) is 0 Å². The van der Waals surface area contributed by atoms with Crippen molar-refractivity contribution < 1.29 is 19.6 Å². The van der Waals surface area contributed by atoms with Gasteiger partial charge in [-0.25, -0.2) is 0 Å². The van der Waals surface area contributed by atoms with Gasteiger partial charge in [0.05, 0.1) is 17.8 Å². The first-order valence-corrected chi connectivity index (χ1v) is 11.4. The zero-order chi connectivity index (χ0) is 22.6. The molecule has 1 aliphatic carbocycles. The van der Waals surface area contributed by atoms with Gasteiger partial charge in [-0.15, -0.1) is 0 Å². The second kappa shape index (κ2) is 12.6. The normalized spacial score (nSPS) is 14.0. The number of rotatable bonds is 12. The van der Waals surface area contributed by atoms with Crippen molar-refractivity contribution in [3.05, 3.63) is 70.8 Å². The number of benzene rings is 2. The average molecular weight is 437 g/mol. The van der Waals surface area contributed by atoms with Crippen molar-refractivity contribution in [3.63, 3.8) is 0 Å². The molecule has 0 amide bonds. The lowest BCUT2D eigenvalue weighted by Crippen LogP contribution is -2.06. The summed E-state index contributed by atoms with van der Waals surface area (Å²) in [7, 11) is 0. The van der Waals surface area contributed by atoms with E-state index >= 15 is 0 Å². The van der Waals surface area contributed by atoms with Gasteiger partial charge < -0.3 is 14.8 Å². The summed E-state index contributed by atoms with van der Waals surface area (Å²) < 4.78 is 0. The van der Waals surface area contributed by atoms with E-state index in [2.05, 4.69) is 28.5 Å². The number of unbranched alkanes of at least 4 members (excludes halogenated alkanes) is 1. The lowest BCUT2D eigenvalue weighted by Gasteiger charge is -2.16. The molecule has 0 fully saturated rings. The molecule has 170 valence electrons. The number of carboxylic acids is 1. The quantitative estimate of drug-likeness (QED) is 0.275. The smallest absolute Gasteiger partial charge is 0.303 e. The summed E-state index contributed by atoms with van der Waals surface area (Å²) in [6.45, 7) is 2.94. The molecule has 3 rings (SSSR count). The maximum Gasteiger partial charge on any atom is 0.303 e. The molecule has 0 saturated heterocycles. The van der Waals surface area contributed by atoms with E-state index in [4.69, 9.17) is 14.8 Å². The van der Waals surface area contributed by atoms with Crippen LogP contribution in [0.2, 0.25) is 0 Å². The second-order valence-corrected chi connectivity index (χ2v) is 8.04. The Morgan fingerprint density at radius 1 is 0.875 bits per heavy atom. The molecule has 1 N–H and O–H groups in total. The Morgan fingerprint density at radius 2 is 1.56 bits per heavy atom. The highest BCUT2D eigenvalue weighted by atomic mass is 16.6. The SMILES string of the molecule is C/C(=N\OCCCCO/N=C(/CCC(=O)O)c1ccccc1)c1ccc2c(c1)CCCC2. The summed E-state index contributed by atoms with van der Waals surface area (Å²) >= 11 is 0. The number of oxime groups is 2. The lowest BCUT2D eigenvalue weighted by atomic mass is 9.90. The van der Waals surface area contributed by atoms with Gasteiger partial charge >= 0.3 is 5.97 Å². The number of aryl methyl sites for hydroxylation is 2. The first-order chi connectivity index (χ1) is 15.6. The van der Waals surface area contributed by atoms with E-state index in [-0.39, 0.29) is 6.42 Å². The van der Waals surface area contributed by atoms with Gasteiger partial charge in [0, 0.05) is 6.42 Å². The maximum absolute atomic E-state index is 10.9. The van der Waals surface area contributed by atoms with Crippen LogP contribution in [-0.4, -0.2) is 35.7 Å². The second-order valence-electron chi connectivity index (χ2n) is 8.04. The molecule has 0 spiro atoms. The van der Waals surface area contributed by atoms with Gasteiger partial charge in [-0.05, 0) is 73.8 Å². The van der Waals surface area contributed by atoms with Crippen molar-refractivity contribution in [2.75, 3.05) is 13.2 Å². The van der Waals surface area contributed by atoms with E-state index < -0.39 is 5.97 Å². The zero-order valence-electron chi connectivity index (χ0n) is 18.8. The van der Waals surface area contributed by atoms with E-state index in [1.54, 1.807) is 0 Å². The molecule has 0 bridgehead atoms. The lowest BCUT2D eigenvalue weighted by molar-refractivity contribution is -0.136. The predicted molar refractivity (Wildman–Crippen MR) is 126 cm³/mol. The molecular weight excluding hydrogens is 404 g/mol. The van der Waals surface area contributed by atoms with Gasteiger partial charge in [0.15, 0.2) is 0 Å². The van der Waals surface area contributed by atoms with Crippen LogP contribution in [0, 0.1) is 0 Å². The van der Waals surface area contributed by atoms with Gasteiger partial charge in [0.2, 0.25) is 0 Å². The van der Waals surface area contributed by atoms with Crippen molar-refractivity contribution in [3.8, 4) is 0 Å². The average Bonchev–Trinajstić information content (AvgIpc) is 2.82. The molecule has 6 heteroatoms. The Bertz CT molecular complexity index is 938. The molecule has 0 unspecified atom stereocenters. The molecule has 2 aromatic rings. The van der Waals surface area contributed by atoms with E-state index in [1.165, 1.54) is 30.4 Å². The van der Waals surface area contributed by atoms with Crippen LogP contribution < -0.4 is 0 Å². The molecule has 0 aromatic heterocycles. The van der Waals surface area contributed by atoms with Gasteiger partial charge in [-0.3, -0.25) is 4.79 Å². The third-order valence-corrected chi connectivity index (χ3v) is 5.55. The van der Waals surface area contributed by atoms with E-state index in [0.717, 1.165) is 36.1 Å². The van der Waals surface area contributed by atoms with Crippen LogP contribution >= 0.6 is 0 Å². The minimum atomic E-state index is -0.850. The summed E-state index contributed by atoms with van der Waals surface area (Å²) in [4.78, 5) is 21.8. The maximum atomic E-state index is 10.9. The Morgan fingerprint density at radius 3 is 2.28 bits per heavy atom. The number of carbonyl (C=O) groups is 1. The molecule has 0 heterocycles. The highest BCUT2D eigenvalue weighted by Gasteiger charge is 2.10. The monoisotopic (exact) mass is 436 g/mol. The molecule has 1 aliphatic rings. The Kier molecular flexibility index (Phi) is 9.29. The van der Waals surface area contributed by atoms with Crippen LogP contribution in [0.5, 0.6) is 0 Å². The highest BCUT2D eigenvalue weighted by molar-refractivity contribution is 6.01. The third-order valence-electron chi connectivity index (χ3n) is 5.55. The molecule has 0 saturated carbocycles. The topological polar surface area (TPSA) is 80.5 Å². The fourth-order valence-electron chi connectivity index (χ4n) is 3.71. The minimum Gasteiger partial charge on any atom is -0.481 e. The number of carboxylic acid groups (broad SMARTS) is 1. The summed E-state index contributed by atoms with van der Waals surface area (Å²) in [5.74, 6) is -0.850. The minimum absolute atomic E-state index is 0.0203. The van der Waals surface area contributed by atoms with Crippen molar-refractivity contribution in [2.24, 2.45) is 10.3 Å². The Labute approximate surface area is 189 Å². The van der Waals surface area contributed by atoms with Crippen LogP contribution in [0.25, 0.3) is 0 Å². The molecule has 0 atom stereocenters. The van der Waals surface area contributed by atoms with Crippen molar-refractivity contribution in [1.29, 1.82) is 0 Å². The molecule has 32 heavy (non-hydrogen) atoms. The van der Waals surface area contributed by atoms with Crippen LogP contribution in [0.15, 0.2) is 58.8 Å². The van der Waals surface area contributed by atoms with Crippen molar-refractivity contribution in [1.82, 2.24) is 0 Å². The van der Waals surface area contributed by atoms with Crippen molar-refractivity contribution >= 4 is 17.4 Å². The van der Waals surface area contributed by atoms with Gasteiger partial charge in [0.25, 0.3) is 0 Å². The largest absolute Gasteiger partial charge is 0.481 e. The first kappa shape index (κ1) is 23.5. The fraction of sp³-hybridized carbons (Fsp3) is 0.423. The van der Waals surface area contributed by atoms with E-state index in [0.29, 0.717) is 25.3 Å². The van der Waals surface area contributed by atoms with Gasteiger partial charge in [0.1, 0.15) is 13.2 Å². The summed E-state index contributed by atoms with van der Waals surface area (Å²) in [5, 5.41) is 17.4. The number of aliphatic carboxylic acids is 1. The van der Waals surface area contributed by atoms with Crippen LogP contribution in [0.1, 0.15) is 67.7 Å². The first-order valence-electron chi connectivity index (χ1n) is 11.4. The summed E-state index contributed by atoms with van der Waals surface area (Å²) in [6.07, 6.45) is 6.81.